The molecule has 0 saturated carbocycles. The molecule has 0 atom stereocenters. The van der Waals surface area contributed by atoms with Crippen molar-refractivity contribution in [1.82, 2.24) is 0 Å². The fourth-order valence-electron chi connectivity index (χ4n) is 2.35. The van der Waals surface area contributed by atoms with Crippen molar-refractivity contribution in [3.8, 4) is 0 Å². The monoisotopic (exact) mass is 330 g/mol. The molecule has 0 amide bonds. The van der Waals surface area contributed by atoms with E-state index in [0.29, 0.717) is 21.7 Å². The lowest BCUT2D eigenvalue weighted by Gasteiger charge is -2.06. The first-order valence-corrected chi connectivity index (χ1v) is 7.82. The van der Waals surface area contributed by atoms with Gasteiger partial charge in [-0.3, -0.25) is 9.59 Å². The van der Waals surface area contributed by atoms with Gasteiger partial charge in [-0.15, -0.1) is 11.3 Å². The maximum absolute atomic E-state index is 12.7. The minimum atomic E-state index is -0.917. The number of aliphatic carboxylic acids is 1. The minimum Gasteiger partial charge on any atom is -0.481 e. The summed E-state index contributed by atoms with van der Waals surface area (Å²) in [6.45, 7) is 0. The molecule has 0 saturated heterocycles. The van der Waals surface area contributed by atoms with Crippen LogP contribution in [0.25, 0.3) is 10.1 Å². The van der Waals surface area contributed by atoms with E-state index in [0.717, 1.165) is 10.1 Å². The van der Waals surface area contributed by atoms with Gasteiger partial charge in [0.1, 0.15) is 0 Å². The van der Waals surface area contributed by atoms with Crippen LogP contribution in [0, 0.1) is 0 Å². The number of carbonyl (C=O) groups excluding carboxylic acids is 1. The van der Waals surface area contributed by atoms with Gasteiger partial charge in [0.05, 0.1) is 6.42 Å². The molecule has 22 heavy (non-hydrogen) atoms. The van der Waals surface area contributed by atoms with Crippen LogP contribution in [0.2, 0.25) is 5.02 Å². The molecule has 0 aliphatic carbocycles. The second kappa shape index (κ2) is 5.91. The molecule has 0 unspecified atom stereocenters. The third-order valence-corrected chi connectivity index (χ3v) is 4.53. The van der Waals surface area contributed by atoms with Gasteiger partial charge in [0.2, 0.25) is 0 Å². The molecule has 3 aromatic rings. The van der Waals surface area contributed by atoms with Crippen molar-refractivity contribution in [1.29, 1.82) is 0 Å². The van der Waals surface area contributed by atoms with Crippen LogP contribution in [0.1, 0.15) is 21.5 Å². The summed E-state index contributed by atoms with van der Waals surface area (Å²) in [7, 11) is 0. The van der Waals surface area contributed by atoms with Crippen molar-refractivity contribution >= 4 is 44.8 Å². The first-order chi connectivity index (χ1) is 10.5. The number of hydrogen-bond acceptors (Lipinski definition) is 3. The van der Waals surface area contributed by atoms with E-state index in [9.17, 15) is 9.59 Å². The highest BCUT2D eigenvalue weighted by Gasteiger charge is 2.16. The second-order valence-corrected chi connectivity index (χ2v) is 6.24. The van der Waals surface area contributed by atoms with E-state index >= 15 is 0 Å². The van der Waals surface area contributed by atoms with Crippen LogP contribution in [0.3, 0.4) is 0 Å². The minimum absolute atomic E-state index is 0.104. The van der Waals surface area contributed by atoms with Gasteiger partial charge < -0.3 is 5.11 Å². The molecule has 110 valence electrons. The number of fused-ring (bicyclic) bond motifs is 1. The third kappa shape index (κ3) is 2.89. The number of carbonyl (C=O) groups is 2. The zero-order chi connectivity index (χ0) is 15.7. The number of ketones is 1. The molecule has 1 N–H and O–H groups in total. The quantitative estimate of drug-likeness (QED) is 0.721. The molecule has 0 fully saturated rings. The van der Waals surface area contributed by atoms with Crippen molar-refractivity contribution in [3.05, 3.63) is 69.6 Å². The van der Waals surface area contributed by atoms with Gasteiger partial charge >= 0.3 is 5.97 Å². The lowest BCUT2D eigenvalue weighted by molar-refractivity contribution is -0.136. The van der Waals surface area contributed by atoms with Crippen molar-refractivity contribution in [2.45, 2.75) is 6.42 Å². The van der Waals surface area contributed by atoms with Crippen molar-refractivity contribution in [3.63, 3.8) is 0 Å². The number of thiophene rings is 1. The Morgan fingerprint density at radius 1 is 1.09 bits per heavy atom. The van der Waals surface area contributed by atoms with Gasteiger partial charge in [0.15, 0.2) is 5.78 Å². The number of carboxylic acids is 1. The molecular weight excluding hydrogens is 320 g/mol. The standard InChI is InChI=1S/C17H11ClO3S/c18-13-3-1-11(2-4-13)16(21)14-8-10(9-15(19)20)7-12-5-6-22-17(12)14/h1-8H,9H2,(H,19,20). The zero-order valence-electron chi connectivity index (χ0n) is 11.4. The molecule has 1 heterocycles. The van der Waals surface area contributed by atoms with Crippen LogP contribution in [-0.4, -0.2) is 16.9 Å². The summed E-state index contributed by atoms with van der Waals surface area (Å²) < 4.78 is 0.870. The molecule has 3 rings (SSSR count). The molecule has 0 radical (unpaired) electrons. The lowest BCUT2D eigenvalue weighted by atomic mass is 9.98. The molecule has 0 aliphatic heterocycles. The molecule has 0 aliphatic rings. The van der Waals surface area contributed by atoms with Gasteiger partial charge in [0.25, 0.3) is 0 Å². The summed E-state index contributed by atoms with van der Waals surface area (Å²) in [5.74, 6) is -1.05. The maximum Gasteiger partial charge on any atom is 0.307 e. The first kappa shape index (κ1) is 14.8. The van der Waals surface area contributed by atoms with Crippen molar-refractivity contribution in [2.75, 3.05) is 0 Å². The zero-order valence-corrected chi connectivity index (χ0v) is 12.9. The summed E-state index contributed by atoms with van der Waals surface area (Å²) in [6, 6.07) is 12.1. The van der Waals surface area contributed by atoms with Gasteiger partial charge in [0, 0.05) is 20.8 Å². The fraction of sp³-hybridized carbons (Fsp3) is 0.0588. The highest BCUT2D eigenvalue weighted by atomic mass is 35.5. The first-order valence-electron chi connectivity index (χ1n) is 6.57. The molecule has 5 heteroatoms. The van der Waals surface area contributed by atoms with Crippen molar-refractivity contribution < 1.29 is 14.7 Å². The number of carboxylic acid groups (broad SMARTS) is 1. The molecule has 3 nitrogen and oxygen atoms in total. The second-order valence-electron chi connectivity index (χ2n) is 4.89. The van der Waals surface area contributed by atoms with E-state index in [1.165, 1.54) is 11.3 Å². The van der Waals surface area contributed by atoms with Crippen LogP contribution in [-0.2, 0) is 11.2 Å². The highest BCUT2D eigenvalue weighted by Crippen LogP contribution is 2.29. The molecule has 0 bridgehead atoms. The lowest BCUT2D eigenvalue weighted by Crippen LogP contribution is -2.05. The van der Waals surface area contributed by atoms with Crippen molar-refractivity contribution in [2.24, 2.45) is 0 Å². The Hall–Kier alpha value is -2.17. The summed E-state index contributed by atoms with van der Waals surface area (Å²) in [4.78, 5) is 23.7. The number of hydrogen-bond donors (Lipinski definition) is 1. The van der Waals surface area contributed by atoms with Crippen LogP contribution in [0.4, 0.5) is 0 Å². The van der Waals surface area contributed by atoms with Crippen LogP contribution >= 0.6 is 22.9 Å². The van der Waals surface area contributed by atoms with E-state index in [1.54, 1.807) is 30.3 Å². The fourth-order valence-corrected chi connectivity index (χ4v) is 3.36. The van der Waals surface area contributed by atoms with Crippen LogP contribution in [0.15, 0.2) is 47.8 Å². The summed E-state index contributed by atoms with van der Waals surface area (Å²) >= 11 is 7.32. The van der Waals surface area contributed by atoms with E-state index in [-0.39, 0.29) is 12.2 Å². The number of benzene rings is 2. The Labute approximate surface area is 135 Å². The van der Waals surface area contributed by atoms with E-state index in [4.69, 9.17) is 16.7 Å². The summed E-state index contributed by atoms with van der Waals surface area (Å²) in [5.41, 5.74) is 1.69. The van der Waals surface area contributed by atoms with Crippen LogP contribution in [0.5, 0.6) is 0 Å². The third-order valence-electron chi connectivity index (χ3n) is 3.32. The number of halogens is 1. The predicted octanol–water partition coefficient (Wildman–Crippen LogP) is 4.41. The van der Waals surface area contributed by atoms with E-state index in [2.05, 4.69) is 0 Å². The average molecular weight is 331 g/mol. The number of rotatable bonds is 4. The summed E-state index contributed by atoms with van der Waals surface area (Å²) in [5, 5.41) is 12.3. The van der Waals surface area contributed by atoms with E-state index in [1.807, 2.05) is 17.5 Å². The van der Waals surface area contributed by atoms with Gasteiger partial charge in [-0.1, -0.05) is 11.6 Å². The normalized spacial score (nSPS) is 10.8. The average Bonchev–Trinajstić information content (AvgIpc) is 2.94. The van der Waals surface area contributed by atoms with Crippen LogP contribution < -0.4 is 0 Å². The summed E-state index contributed by atoms with van der Waals surface area (Å²) in [6.07, 6.45) is -0.104. The highest BCUT2D eigenvalue weighted by molar-refractivity contribution is 7.17. The molecule has 0 spiro atoms. The van der Waals surface area contributed by atoms with Gasteiger partial charge in [-0.25, -0.2) is 0 Å². The SMILES string of the molecule is O=C(O)Cc1cc(C(=O)c2ccc(Cl)cc2)c2sccc2c1. The molecule has 1 aromatic heterocycles. The topological polar surface area (TPSA) is 54.4 Å². The van der Waals surface area contributed by atoms with E-state index < -0.39 is 5.97 Å². The maximum atomic E-state index is 12.7. The smallest absolute Gasteiger partial charge is 0.307 e. The Morgan fingerprint density at radius 2 is 1.82 bits per heavy atom. The Morgan fingerprint density at radius 3 is 2.50 bits per heavy atom. The largest absolute Gasteiger partial charge is 0.481 e. The van der Waals surface area contributed by atoms with Gasteiger partial charge in [-0.2, -0.15) is 0 Å². The predicted molar refractivity (Wildman–Crippen MR) is 88.0 cm³/mol. The van der Waals surface area contributed by atoms with Gasteiger partial charge in [-0.05, 0) is 58.8 Å². The molecular formula is C17H11ClO3S. The Balaban J connectivity index is 2.11. The Bertz CT molecular complexity index is 865. The molecule has 2 aromatic carbocycles. The Kier molecular flexibility index (Phi) is 3.96.